The summed E-state index contributed by atoms with van der Waals surface area (Å²) in [5.41, 5.74) is 0.523. The number of carboxylic acid groups (broad SMARTS) is 1. The van der Waals surface area contributed by atoms with Gasteiger partial charge in [-0.2, -0.15) is 0 Å². The molecule has 0 heterocycles. The highest BCUT2D eigenvalue weighted by Crippen LogP contribution is 2.68. The molecular weight excluding hydrogens is 352 g/mol. The summed E-state index contributed by atoms with van der Waals surface area (Å²) in [4.78, 5) is 11.1. The van der Waals surface area contributed by atoms with Gasteiger partial charge in [-0.3, -0.25) is 4.79 Å². The molecule has 0 amide bonds. The number of rotatable bonds is 4. The van der Waals surface area contributed by atoms with Crippen LogP contribution in [0.4, 0.5) is 0 Å². The Morgan fingerprint density at radius 3 is 2.39 bits per heavy atom. The third kappa shape index (κ3) is 3.14. The van der Waals surface area contributed by atoms with Crippen molar-refractivity contribution >= 4 is 5.97 Å². The summed E-state index contributed by atoms with van der Waals surface area (Å²) in [6, 6.07) is 0. The lowest BCUT2D eigenvalue weighted by molar-refractivity contribution is -0.174. The van der Waals surface area contributed by atoms with E-state index in [1.807, 2.05) is 0 Å². The van der Waals surface area contributed by atoms with Gasteiger partial charge in [0, 0.05) is 6.42 Å². The number of fused-ring (bicyclic) bond motifs is 5. The van der Waals surface area contributed by atoms with Crippen molar-refractivity contribution in [2.24, 2.45) is 46.3 Å². The Morgan fingerprint density at radius 2 is 1.68 bits per heavy atom. The van der Waals surface area contributed by atoms with Gasteiger partial charge in [0.05, 0.1) is 12.2 Å². The minimum Gasteiger partial charge on any atom is -0.481 e. The van der Waals surface area contributed by atoms with E-state index in [2.05, 4.69) is 20.8 Å². The third-order valence-corrected chi connectivity index (χ3v) is 10.2. The van der Waals surface area contributed by atoms with Gasteiger partial charge in [-0.1, -0.05) is 20.8 Å². The van der Waals surface area contributed by atoms with Crippen LogP contribution in [0.15, 0.2) is 0 Å². The summed E-state index contributed by atoms with van der Waals surface area (Å²) >= 11 is 0. The Balaban J connectivity index is 1.55. The highest BCUT2D eigenvalue weighted by atomic mass is 16.4. The van der Waals surface area contributed by atoms with E-state index in [0.717, 1.165) is 32.1 Å². The van der Waals surface area contributed by atoms with Crippen LogP contribution in [0.1, 0.15) is 85.0 Å². The fourth-order valence-electron chi connectivity index (χ4n) is 8.73. The maximum Gasteiger partial charge on any atom is 0.303 e. The van der Waals surface area contributed by atoms with Crippen LogP contribution in [-0.2, 0) is 4.79 Å². The Morgan fingerprint density at radius 1 is 1.00 bits per heavy atom. The Kier molecular flexibility index (Phi) is 5.36. The smallest absolute Gasteiger partial charge is 0.303 e. The molecule has 10 atom stereocenters. The molecule has 0 spiro atoms. The molecule has 4 aliphatic rings. The van der Waals surface area contributed by atoms with Crippen LogP contribution in [0.2, 0.25) is 0 Å². The lowest BCUT2D eigenvalue weighted by atomic mass is 9.43. The minimum atomic E-state index is -0.684. The van der Waals surface area contributed by atoms with Crippen molar-refractivity contribution in [3.63, 3.8) is 0 Å². The molecular formula is C24H40O4. The average molecular weight is 393 g/mol. The van der Waals surface area contributed by atoms with Crippen molar-refractivity contribution in [1.29, 1.82) is 0 Å². The molecule has 0 aromatic rings. The number of hydrogen-bond donors (Lipinski definition) is 3. The Labute approximate surface area is 170 Å². The van der Waals surface area contributed by atoms with Crippen molar-refractivity contribution in [1.82, 2.24) is 0 Å². The second-order valence-corrected chi connectivity index (χ2v) is 11.4. The van der Waals surface area contributed by atoms with Gasteiger partial charge in [-0.15, -0.1) is 0 Å². The zero-order valence-electron chi connectivity index (χ0n) is 17.9. The summed E-state index contributed by atoms with van der Waals surface area (Å²) in [5, 5.41) is 30.5. The van der Waals surface area contributed by atoms with Gasteiger partial charge in [-0.25, -0.2) is 0 Å². The van der Waals surface area contributed by atoms with Crippen LogP contribution in [0, 0.1) is 46.3 Å². The summed E-state index contributed by atoms with van der Waals surface area (Å²) < 4.78 is 0. The number of aliphatic carboxylic acids is 1. The zero-order valence-corrected chi connectivity index (χ0v) is 17.9. The van der Waals surface area contributed by atoms with Crippen molar-refractivity contribution in [3.8, 4) is 0 Å². The predicted molar refractivity (Wildman–Crippen MR) is 109 cm³/mol. The molecule has 4 rings (SSSR count). The van der Waals surface area contributed by atoms with Crippen molar-refractivity contribution in [2.45, 2.75) is 97.2 Å². The second kappa shape index (κ2) is 7.27. The SMILES string of the molecule is C[C@H](CCC(=O)O)[C@H]1CCC2[C@H]3C(CC[C@@]21C)[C@@]1(C)CC[C@@H](O)CC1C[C@H]3O. The van der Waals surface area contributed by atoms with Crippen LogP contribution >= 0.6 is 0 Å². The summed E-state index contributed by atoms with van der Waals surface area (Å²) in [7, 11) is 0. The number of carbonyl (C=O) groups is 1. The van der Waals surface area contributed by atoms with Gasteiger partial charge < -0.3 is 15.3 Å². The standard InChI is InChI=1S/C24H40O4/c1-14(4-7-21(27)28)17-5-6-18-22-19(9-11-24(17,18)3)23(2)10-8-16(25)12-15(23)13-20(22)26/h14-20,22,25-26H,4-13H2,1-3H3,(H,27,28)/t14-,15?,16-,17-,18?,19?,20-,22+,23+,24-/m1/s1. The van der Waals surface area contributed by atoms with Crippen LogP contribution < -0.4 is 0 Å². The molecule has 4 aliphatic carbocycles. The molecule has 0 bridgehead atoms. The van der Waals surface area contributed by atoms with E-state index in [9.17, 15) is 15.0 Å². The van der Waals surface area contributed by atoms with Gasteiger partial charge in [-0.05, 0) is 104 Å². The Hall–Kier alpha value is -0.610. The number of carboxylic acids is 1. The fourth-order valence-corrected chi connectivity index (χ4v) is 8.73. The first-order valence-corrected chi connectivity index (χ1v) is 11.7. The molecule has 0 radical (unpaired) electrons. The summed E-state index contributed by atoms with van der Waals surface area (Å²) in [6.07, 6.45) is 9.19. The topological polar surface area (TPSA) is 77.8 Å². The highest BCUT2D eigenvalue weighted by Gasteiger charge is 2.62. The van der Waals surface area contributed by atoms with E-state index in [-0.39, 0.29) is 29.5 Å². The first-order valence-electron chi connectivity index (χ1n) is 11.7. The van der Waals surface area contributed by atoms with Crippen LogP contribution in [0.5, 0.6) is 0 Å². The lowest BCUT2D eigenvalue weighted by Gasteiger charge is -2.62. The summed E-state index contributed by atoms with van der Waals surface area (Å²) in [5.74, 6) is 2.36. The lowest BCUT2D eigenvalue weighted by Crippen LogP contribution is -2.58. The average Bonchev–Trinajstić information content (AvgIpc) is 2.98. The van der Waals surface area contributed by atoms with E-state index in [0.29, 0.717) is 35.5 Å². The molecule has 3 N–H and O–H groups in total. The molecule has 4 saturated carbocycles. The molecule has 4 nitrogen and oxygen atoms in total. The monoisotopic (exact) mass is 392 g/mol. The van der Waals surface area contributed by atoms with Crippen molar-refractivity contribution in [3.05, 3.63) is 0 Å². The van der Waals surface area contributed by atoms with Gasteiger partial charge in [0.2, 0.25) is 0 Å². The van der Waals surface area contributed by atoms with Gasteiger partial charge in [0.25, 0.3) is 0 Å². The minimum absolute atomic E-state index is 0.179. The third-order valence-electron chi connectivity index (χ3n) is 10.2. The number of aliphatic hydroxyl groups excluding tert-OH is 2. The van der Waals surface area contributed by atoms with Gasteiger partial charge in [0.1, 0.15) is 0 Å². The van der Waals surface area contributed by atoms with Crippen LogP contribution in [0.3, 0.4) is 0 Å². The van der Waals surface area contributed by atoms with Crippen molar-refractivity contribution < 1.29 is 20.1 Å². The highest BCUT2D eigenvalue weighted by molar-refractivity contribution is 5.66. The number of aliphatic hydroxyl groups is 2. The van der Waals surface area contributed by atoms with Gasteiger partial charge in [0.15, 0.2) is 0 Å². The predicted octanol–water partition coefficient (Wildman–Crippen LogP) is 4.48. The molecule has 0 saturated heterocycles. The number of hydrogen-bond acceptors (Lipinski definition) is 3. The zero-order chi connectivity index (χ0) is 20.3. The fraction of sp³-hybridized carbons (Fsp3) is 0.958. The van der Waals surface area contributed by atoms with E-state index in [1.54, 1.807) is 0 Å². The van der Waals surface area contributed by atoms with E-state index in [4.69, 9.17) is 5.11 Å². The first kappa shape index (κ1) is 20.7. The largest absolute Gasteiger partial charge is 0.481 e. The van der Waals surface area contributed by atoms with Crippen LogP contribution in [-0.4, -0.2) is 33.5 Å². The molecule has 4 fully saturated rings. The molecule has 160 valence electrons. The maximum atomic E-state index is 11.2. The quantitative estimate of drug-likeness (QED) is 0.659. The first-order chi connectivity index (χ1) is 13.2. The molecule has 0 aromatic carbocycles. The normalized spacial score (nSPS) is 51.7. The molecule has 3 unspecified atom stereocenters. The maximum absolute atomic E-state index is 11.2. The van der Waals surface area contributed by atoms with Crippen LogP contribution in [0.25, 0.3) is 0 Å². The van der Waals surface area contributed by atoms with E-state index < -0.39 is 5.97 Å². The van der Waals surface area contributed by atoms with E-state index in [1.165, 1.54) is 25.7 Å². The van der Waals surface area contributed by atoms with E-state index >= 15 is 0 Å². The molecule has 0 aliphatic heterocycles. The second-order valence-electron chi connectivity index (χ2n) is 11.4. The molecule has 4 heteroatoms. The molecule has 28 heavy (non-hydrogen) atoms. The van der Waals surface area contributed by atoms with Gasteiger partial charge >= 0.3 is 5.97 Å². The summed E-state index contributed by atoms with van der Waals surface area (Å²) in [6.45, 7) is 7.16. The Bertz CT molecular complexity index is 605. The molecule has 0 aromatic heterocycles. The van der Waals surface area contributed by atoms with Crippen molar-refractivity contribution in [2.75, 3.05) is 0 Å².